The molecule has 6 rings (SSSR count). The number of halogens is 1. The third-order valence-corrected chi connectivity index (χ3v) is 9.26. The van der Waals surface area contributed by atoms with Crippen molar-refractivity contribution in [3.8, 4) is 0 Å². The summed E-state index contributed by atoms with van der Waals surface area (Å²) < 4.78 is 7.21. The zero-order valence-electron chi connectivity index (χ0n) is 25.1. The summed E-state index contributed by atoms with van der Waals surface area (Å²) in [6.45, 7) is 6.73. The number of fused-ring (bicyclic) bond motifs is 1. The number of amides is 2. The SMILES string of the molecule is CC(=O)N1CCC(C2(c3cc(CN4CCOCC4)cc4c(=O)c(C(=O)NCc5ccc(Cl)cc5)nn(C)c34)C=CC=N2)CC1. The number of aromatic nitrogens is 2. The van der Waals surface area contributed by atoms with Crippen LogP contribution in [0.5, 0.6) is 0 Å². The first-order valence-electron chi connectivity index (χ1n) is 15.1. The molecule has 0 radical (unpaired) electrons. The molecule has 3 aliphatic rings. The Kier molecular flexibility index (Phi) is 8.66. The summed E-state index contributed by atoms with van der Waals surface area (Å²) in [7, 11) is 1.78. The highest BCUT2D eigenvalue weighted by atomic mass is 35.5. The lowest BCUT2D eigenvalue weighted by atomic mass is 9.73. The van der Waals surface area contributed by atoms with Crippen molar-refractivity contribution in [3.05, 3.63) is 86.2 Å². The van der Waals surface area contributed by atoms with Crippen molar-refractivity contribution < 1.29 is 14.3 Å². The molecule has 10 nitrogen and oxygen atoms in total. The van der Waals surface area contributed by atoms with Crippen LogP contribution in [0.25, 0.3) is 10.9 Å². The smallest absolute Gasteiger partial charge is 0.276 e. The predicted molar refractivity (Wildman–Crippen MR) is 170 cm³/mol. The molecule has 4 heterocycles. The number of morpholine rings is 1. The van der Waals surface area contributed by atoms with Crippen LogP contribution in [0.3, 0.4) is 0 Å². The van der Waals surface area contributed by atoms with E-state index in [9.17, 15) is 14.4 Å². The Morgan fingerprint density at radius 2 is 1.80 bits per heavy atom. The molecule has 3 aliphatic heterocycles. The normalized spacial score (nSPS) is 20.8. The van der Waals surface area contributed by atoms with Crippen molar-refractivity contribution in [1.82, 2.24) is 24.9 Å². The lowest BCUT2D eigenvalue weighted by Gasteiger charge is -2.41. The summed E-state index contributed by atoms with van der Waals surface area (Å²) in [6, 6.07) is 11.2. The van der Waals surface area contributed by atoms with Gasteiger partial charge in [-0.25, -0.2) is 0 Å². The van der Waals surface area contributed by atoms with E-state index in [2.05, 4.69) is 27.5 Å². The maximum absolute atomic E-state index is 14.1. The Hall–Kier alpha value is -3.86. The fourth-order valence-corrected chi connectivity index (χ4v) is 6.80. The number of likely N-dealkylation sites (tertiary alicyclic amines) is 1. The van der Waals surface area contributed by atoms with Gasteiger partial charge in [0, 0.05) is 70.0 Å². The van der Waals surface area contributed by atoms with Crippen LogP contribution in [0.4, 0.5) is 0 Å². The fraction of sp³-hybridized carbons (Fsp3) is 0.424. The van der Waals surface area contributed by atoms with Crippen molar-refractivity contribution >= 4 is 40.5 Å². The average Bonchev–Trinajstić information content (AvgIpc) is 3.54. The molecular formula is C33H37ClN6O4. The van der Waals surface area contributed by atoms with Crippen molar-refractivity contribution in [3.63, 3.8) is 0 Å². The minimum atomic E-state index is -0.716. The monoisotopic (exact) mass is 616 g/mol. The molecule has 2 fully saturated rings. The number of aryl methyl sites for hydroxylation is 1. The van der Waals surface area contributed by atoms with E-state index in [0.29, 0.717) is 48.8 Å². The third kappa shape index (κ3) is 5.94. The molecule has 0 spiro atoms. The van der Waals surface area contributed by atoms with Crippen molar-refractivity contribution in [2.45, 2.75) is 38.4 Å². The van der Waals surface area contributed by atoms with Gasteiger partial charge in [0.2, 0.25) is 11.3 Å². The van der Waals surface area contributed by atoms with Gasteiger partial charge in [0.05, 0.1) is 24.1 Å². The van der Waals surface area contributed by atoms with Crippen molar-refractivity contribution in [2.75, 3.05) is 39.4 Å². The molecule has 1 unspecified atom stereocenters. The summed E-state index contributed by atoms with van der Waals surface area (Å²) in [5.74, 6) is -0.338. The number of ether oxygens (including phenoxy) is 1. The quantitative estimate of drug-likeness (QED) is 0.436. The van der Waals surface area contributed by atoms with E-state index in [-0.39, 0.29) is 24.1 Å². The van der Waals surface area contributed by atoms with Crippen LogP contribution in [-0.4, -0.2) is 77.0 Å². The van der Waals surface area contributed by atoms with E-state index < -0.39 is 16.9 Å². The maximum Gasteiger partial charge on any atom is 0.276 e. The predicted octanol–water partition coefficient (Wildman–Crippen LogP) is 3.44. The van der Waals surface area contributed by atoms with E-state index >= 15 is 0 Å². The zero-order chi connectivity index (χ0) is 30.8. The zero-order valence-corrected chi connectivity index (χ0v) is 25.8. The molecule has 0 bridgehead atoms. The van der Waals surface area contributed by atoms with E-state index in [4.69, 9.17) is 21.3 Å². The molecule has 11 heteroatoms. The number of hydrogen-bond acceptors (Lipinski definition) is 7. The largest absolute Gasteiger partial charge is 0.379 e. The molecule has 1 atom stereocenters. The number of carbonyl (C=O) groups excluding carboxylic acids is 2. The summed E-state index contributed by atoms with van der Waals surface area (Å²) in [5.41, 5.74) is 2.10. The van der Waals surface area contributed by atoms with E-state index in [1.807, 2.05) is 35.4 Å². The lowest BCUT2D eigenvalue weighted by molar-refractivity contribution is -0.130. The van der Waals surface area contributed by atoms with Gasteiger partial charge < -0.3 is 15.0 Å². The van der Waals surface area contributed by atoms with Gasteiger partial charge in [0.25, 0.3) is 5.91 Å². The van der Waals surface area contributed by atoms with Gasteiger partial charge in [-0.2, -0.15) is 5.10 Å². The highest BCUT2D eigenvalue weighted by Gasteiger charge is 2.43. The Bertz CT molecular complexity index is 1670. The fourth-order valence-electron chi connectivity index (χ4n) is 6.67. The van der Waals surface area contributed by atoms with Gasteiger partial charge in [0.15, 0.2) is 5.69 Å². The summed E-state index contributed by atoms with van der Waals surface area (Å²) in [4.78, 5) is 48.8. The number of benzene rings is 2. The second-order valence-corrected chi connectivity index (χ2v) is 12.2. The van der Waals surface area contributed by atoms with E-state index in [1.54, 1.807) is 30.8 Å². The molecule has 1 N–H and O–H groups in total. The minimum absolute atomic E-state index is 0.0781. The maximum atomic E-state index is 14.1. The average molecular weight is 617 g/mol. The molecule has 3 aromatic rings. The van der Waals surface area contributed by atoms with Crippen LogP contribution in [0.1, 0.15) is 46.9 Å². The lowest BCUT2D eigenvalue weighted by Crippen LogP contribution is -2.43. The van der Waals surface area contributed by atoms with Crippen LogP contribution < -0.4 is 10.7 Å². The second-order valence-electron chi connectivity index (χ2n) is 11.8. The molecule has 2 saturated heterocycles. The molecule has 1 aromatic heterocycles. The summed E-state index contributed by atoms with van der Waals surface area (Å²) >= 11 is 6.00. The van der Waals surface area contributed by atoms with Crippen molar-refractivity contribution in [1.29, 1.82) is 0 Å². The van der Waals surface area contributed by atoms with E-state index in [0.717, 1.165) is 42.6 Å². The van der Waals surface area contributed by atoms with Gasteiger partial charge in [-0.15, -0.1) is 0 Å². The number of nitrogens with one attached hydrogen (secondary N) is 1. The van der Waals surface area contributed by atoms with Crippen molar-refractivity contribution in [2.24, 2.45) is 18.0 Å². The summed E-state index contributed by atoms with van der Waals surface area (Å²) in [5, 5.41) is 8.42. The van der Waals surface area contributed by atoms with Crippen LogP contribution in [0.2, 0.25) is 5.02 Å². The first-order valence-corrected chi connectivity index (χ1v) is 15.5. The number of aliphatic imine (C=N–C) groups is 1. The van der Waals surface area contributed by atoms with Crippen LogP contribution >= 0.6 is 11.6 Å². The molecular weight excluding hydrogens is 580 g/mol. The van der Waals surface area contributed by atoms with Gasteiger partial charge >= 0.3 is 0 Å². The molecule has 44 heavy (non-hydrogen) atoms. The van der Waals surface area contributed by atoms with Crippen LogP contribution in [0.15, 0.2) is 58.3 Å². The van der Waals surface area contributed by atoms with Gasteiger partial charge in [-0.3, -0.25) is 29.0 Å². The first kappa shape index (κ1) is 30.2. The Morgan fingerprint density at radius 3 is 2.45 bits per heavy atom. The highest BCUT2D eigenvalue weighted by Crippen LogP contribution is 2.45. The molecule has 0 aliphatic carbocycles. The van der Waals surface area contributed by atoms with Crippen LogP contribution in [0, 0.1) is 5.92 Å². The summed E-state index contributed by atoms with van der Waals surface area (Å²) in [6.07, 6.45) is 7.46. The highest BCUT2D eigenvalue weighted by molar-refractivity contribution is 6.30. The first-order chi connectivity index (χ1) is 21.2. The number of hydrogen-bond donors (Lipinski definition) is 1. The Labute approximate surface area is 261 Å². The molecule has 230 valence electrons. The number of rotatable bonds is 7. The third-order valence-electron chi connectivity index (χ3n) is 9.01. The molecule has 0 saturated carbocycles. The molecule has 2 amide bonds. The van der Waals surface area contributed by atoms with Gasteiger partial charge in [-0.1, -0.05) is 29.8 Å². The number of piperidine rings is 1. The van der Waals surface area contributed by atoms with Gasteiger partial charge in [0.1, 0.15) is 5.54 Å². The minimum Gasteiger partial charge on any atom is -0.379 e. The number of allylic oxidation sites excluding steroid dienone is 1. The topological polar surface area (TPSA) is 109 Å². The Morgan fingerprint density at radius 1 is 1.07 bits per heavy atom. The second kappa shape index (κ2) is 12.6. The van der Waals surface area contributed by atoms with E-state index in [1.165, 1.54) is 0 Å². The number of carbonyl (C=O) groups is 2. The van der Waals surface area contributed by atoms with Gasteiger partial charge in [-0.05, 0) is 60.2 Å². The molecule has 2 aromatic carbocycles. The number of nitrogens with zero attached hydrogens (tertiary/aromatic N) is 5. The standard InChI is InChI=1S/C33H37ClN6O4/c1-22(41)40-12-8-25(9-13-40)33(10-3-11-36-33)28-19-24(21-39-14-16-44-17-15-39)18-27-30(28)38(2)37-29(31(27)42)32(43)35-20-23-4-6-26(34)7-5-23/h3-7,10-11,18-19,25H,8-9,12-17,20-21H2,1-2H3,(H,35,43). The van der Waals surface area contributed by atoms with Crippen LogP contribution in [-0.2, 0) is 35.2 Å². The Balaban J connectivity index is 1.43.